The normalized spacial score (nSPS) is 61.0. The van der Waals surface area contributed by atoms with Gasteiger partial charge in [-0.1, -0.05) is 30.9 Å². The third kappa shape index (κ3) is 0.940. The number of fused-ring (bicyclic) bond motifs is 2. The molecule has 0 aromatic rings. The van der Waals surface area contributed by atoms with Crippen LogP contribution in [0.2, 0.25) is 0 Å². The molecular weight excluding hydrogens is 264 g/mol. The van der Waals surface area contributed by atoms with E-state index >= 15 is 0 Å². The van der Waals surface area contributed by atoms with E-state index in [0.717, 1.165) is 11.3 Å². The van der Waals surface area contributed by atoms with E-state index in [4.69, 9.17) is 0 Å². The van der Waals surface area contributed by atoms with Gasteiger partial charge in [0.15, 0.2) is 0 Å². The summed E-state index contributed by atoms with van der Waals surface area (Å²) in [6.07, 6.45) is 5.73. The Labute approximate surface area is 124 Å². The van der Waals surface area contributed by atoms with E-state index < -0.39 is 5.54 Å². The Morgan fingerprint density at radius 1 is 1.10 bits per heavy atom. The molecule has 3 aliphatic heterocycles. The van der Waals surface area contributed by atoms with Crippen molar-refractivity contribution in [1.29, 1.82) is 0 Å². The molecule has 0 aromatic heterocycles. The number of hydrogen-bond donors (Lipinski definition) is 0. The Kier molecular flexibility index (Phi) is 1.81. The van der Waals surface area contributed by atoms with Crippen molar-refractivity contribution in [3.63, 3.8) is 0 Å². The summed E-state index contributed by atoms with van der Waals surface area (Å²) in [5.74, 6) is 1.71. The van der Waals surface area contributed by atoms with Crippen molar-refractivity contribution in [3.05, 3.63) is 17.4 Å². The average molecular weight is 286 g/mol. The zero-order chi connectivity index (χ0) is 14.8. The Balaban J connectivity index is 1.77. The predicted molar refractivity (Wildman–Crippen MR) is 76.8 cm³/mol. The number of rotatable bonds is 0. The molecule has 4 unspecified atom stereocenters. The zero-order valence-corrected chi connectivity index (χ0v) is 13.0. The molecule has 0 N–H and O–H groups in total. The van der Waals surface area contributed by atoms with Crippen LogP contribution in [0.3, 0.4) is 0 Å². The molecule has 3 heterocycles. The van der Waals surface area contributed by atoms with Crippen LogP contribution in [0, 0.1) is 34.3 Å². The standard InChI is InChI=1S/C16H22N4O/c1-14(2)15(3)10-11(16(14,4)20(21)19-15)13-9-7-5-6-8(9)12(10)17-18-13/h5,7-13H,6H2,1-4H3/t8?,9-,10-,11?,12+,13?,15+,16?/m1/s1. The van der Waals surface area contributed by atoms with Crippen LogP contribution in [-0.2, 0) is 0 Å². The van der Waals surface area contributed by atoms with Gasteiger partial charge in [0.25, 0.3) is 0 Å². The minimum absolute atomic E-state index is 0.148. The van der Waals surface area contributed by atoms with Crippen LogP contribution in [0.4, 0.5) is 0 Å². The summed E-state index contributed by atoms with van der Waals surface area (Å²) in [5.41, 5.74) is -0.925. The largest absolute Gasteiger partial charge is 0.599 e. The van der Waals surface area contributed by atoms with Crippen molar-refractivity contribution in [1.82, 2.24) is 0 Å². The molecular formula is C16H22N4O. The fraction of sp³-hybridized carbons (Fsp3) is 0.875. The summed E-state index contributed by atoms with van der Waals surface area (Å²) >= 11 is 0. The summed E-state index contributed by atoms with van der Waals surface area (Å²) in [6, 6.07) is 0.408. The van der Waals surface area contributed by atoms with Gasteiger partial charge in [-0.15, -0.1) is 0 Å². The van der Waals surface area contributed by atoms with Crippen LogP contribution in [0.5, 0.6) is 0 Å². The second-order valence-corrected chi connectivity index (χ2v) is 8.46. The maximum absolute atomic E-state index is 12.7. The lowest BCUT2D eigenvalue weighted by Gasteiger charge is -2.51. The molecule has 112 valence electrons. The van der Waals surface area contributed by atoms with Crippen molar-refractivity contribution in [3.8, 4) is 0 Å². The highest BCUT2D eigenvalue weighted by Crippen LogP contribution is 2.72. The number of nitrogens with zero attached hydrogens (tertiary/aromatic N) is 4. The van der Waals surface area contributed by atoms with Gasteiger partial charge in [-0.2, -0.15) is 10.2 Å². The highest BCUT2D eigenvalue weighted by Gasteiger charge is 2.85. The monoisotopic (exact) mass is 286 g/mol. The summed E-state index contributed by atoms with van der Waals surface area (Å²) < 4.78 is 0. The maximum atomic E-state index is 12.7. The first kappa shape index (κ1) is 12.3. The van der Waals surface area contributed by atoms with Crippen LogP contribution in [0.15, 0.2) is 27.5 Å². The van der Waals surface area contributed by atoms with Crippen molar-refractivity contribution in [2.24, 2.45) is 44.4 Å². The highest BCUT2D eigenvalue weighted by molar-refractivity contribution is 5.32. The van der Waals surface area contributed by atoms with Crippen molar-refractivity contribution in [2.75, 3.05) is 0 Å². The minimum Gasteiger partial charge on any atom is -0.599 e. The lowest BCUT2D eigenvalue weighted by molar-refractivity contribution is -0.621. The van der Waals surface area contributed by atoms with Gasteiger partial charge in [0, 0.05) is 18.8 Å². The van der Waals surface area contributed by atoms with E-state index in [1.54, 1.807) is 0 Å². The first-order valence-corrected chi connectivity index (χ1v) is 8.11. The van der Waals surface area contributed by atoms with E-state index in [2.05, 4.69) is 55.2 Å². The smallest absolute Gasteiger partial charge is 0.209 e. The summed E-state index contributed by atoms with van der Waals surface area (Å²) in [6.45, 7) is 8.74. The molecule has 6 aliphatic rings. The fourth-order valence-corrected chi connectivity index (χ4v) is 6.38. The van der Waals surface area contributed by atoms with Crippen LogP contribution in [0.25, 0.3) is 0 Å². The van der Waals surface area contributed by atoms with Gasteiger partial charge in [-0.05, 0) is 24.4 Å². The quantitative estimate of drug-likeness (QED) is 0.383. The molecule has 0 amide bonds. The van der Waals surface area contributed by atoms with E-state index in [0.29, 0.717) is 17.8 Å². The molecule has 8 atom stereocenters. The fourth-order valence-electron chi connectivity index (χ4n) is 6.38. The molecule has 5 nitrogen and oxygen atoms in total. The molecule has 0 spiro atoms. The summed E-state index contributed by atoms with van der Waals surface area (Å²) in [5, 5.41) is 26.6. The average Bonchev–Trinajstić information content (AvgIpc) is 3.02. The first-order chi connectivity index (χ1) is 9.84. The SMILES string of the molecule is CC12C3C4N=N[C@@H](C5CC=C[C@@H]45)[C@@H]3[C@](C)(N=[N+]1[O-])C2(C)C. The van der Waals surface area contributed by atoms with Gasteiger partial charge in [0.2, 0.25) is 5.54 Å². The Hall–Kier alpha value is -1.26. The van der Waals surface area contributed by atoms with E-state index in [9.17, 15) is 5.21 Å². The third-order valence-electron chi connectivity index (χ3n) is 8.07. The molecule has 0 radical (unpaired) electrons. The Bertz CT molecular complexity index is 638. The van der Waals surface area contributed by atoms with Gasteiger partial charge in [-0.25, -0.2) is 0 Å². The van der Waals surface area contributed by atoms with Gasteiger partial charge in [0.1, 0.15) is 5.54 Å². The minimum atomic E-state index is -0.462. The lowest BCUT2D eigenvalue weighted by Crippen LogP contribution is -2.61. The lowest BCUT2D eigenvalue weighted by atomic mass is 9.58. The predicted octanol–water partition coefficient (Wildman–Crippen LogP) is 3.16. The molecule has 5 heteroatoms. The Morgan fingerprint density at radius 3 is 2.57 bits per heavy atom. The van der Waals surface area contributed by atoms with E-state index in [1.165, 1.54) is 0 Å². The van der Waals surface area contributed by atoms with Crippen LogP contribution >= 0.6 is 0 Å². The van der Waals surface area contributed by atoms with Crippen molar-refractivity contribution >= 4 is 0 Å². The topological polar surface area (TPSA) is 63.1 Å². The molecule has 0 saturated heterocycles. The van der Waals surface area contributed by atoms with Crippen molar-refractivity contribution in [2.45, 2.75) is 57.3 Å². The van der Waals surface area contributed by atoms with Gasteiger partial charge in [0.05, 0.1) is 23.4 Å². The Morgan fingerprint density at radius 2 is 1.81 bits per heavy atom. The first-order valence-electron chi connectivity index (χ1n) is 8.11. The summed E-state index contributed by atoms with van der Waals surface area (Å²) in [7, 11) is 0. The molecule has 2 saturated carbocycles. The third-order valence-corrected chi connectivity index (χ3v) is 8.07. The van der Waals surface area contributed by atoms with Gasteiger partial charge in [-0.3, -0.25) is 0 Å². The molecule has 21 heavy (non-hydrogen) atoms. The molecule has 3 aliphatic carbocycles. The van der Waals surface area contributed by atoms with E-state index in [1.807, 2.05) is 0 Å². The summed E-state index contributed by atoms with van der Waals surface area (Å²) in [4.78, 5) is 1.03. The van der Waals surface area contributed by atoms with Crippen LogP contribution in [-0.4, -0.2) is 28.0 Å². The van der Waals surface area contributed by atoms with E-state index in [-0.39, 0.29) is 29.0 Å². The number of allylic oxidation sites excluding steroid dienone is 1. The molecule has 6 rings (SSSR count). The maximum Gasteiger partial charge on any atom is 0.209 e. The van der Waals surface area contributed by atoms with Crippen LogP contribution < -0.4 is 0 Å². The molecule has 4 bridgehead atoms. The second kappa shape index (κ2) is 3.08. The zero-order valence-electron chi connectivity index (χ0n) is 13.0. The molecule has 0 aromatic carbocycles. The van der Waals surface area contributed by atoms with Gasteiger partial charge >= 0.3 is 0 Å². The number of azo groups is 2. The second-order valence-electron chi connectivity index (χ2n) is 8.46. The number of hydroxylamine groups is 1. The highest BCUT2D eigenvalue weighted by atomic mass is 16.5. The number of hydrogen-bond acceptors (Lipinski definition) is 4. The molecule has 2 fully saturated rings. The van der Waals surface area contributed by atoms with Crippen LogP contribution in [0.1, 0.15) is 34.1 Å². The van der Waals surface area contributed by atoms with Crippen molar-refractivity contribution < 1.29 is 4.86 Å². The van der Waals surface area contributed by atoms with Gasteiger partial charge < -0.3 is 5.21 Å².